The first kappa shape index (κ1) is 23.9. The zero-order valence-corrected chi connectivity index (χ0v) is 19.4. The van der Waals surface area contributed by atoms with E-state index >= 15 is 0 Å². The highest BCUT2D eigenvalue weighted by Crippen LogP contribution is 2.39. The molecule has 11 nitrogen and oxygen atoms in total. The Balaban J connectivity index is 1.35. The van der Waals surface area contributed by atoms with Gasteiger partial charge in [-0.3, -0.25) is 0 Å². The van der Waals surface area contributed by atoms with Gasteiger partial charge in [0.2, 0.25) is 5.28 Å². The van der Waals surface area contributed by atoms with Crippen molar-refractivity contribution in [3.8, 4) is 5.88 Å². The van der Waals surface area contributed by atoms with Crippen LogP contribution in [0.3, 0.4) is 0 Å². The second-order valence-electron chi connectivity index (χ2n) is 9.33. The van der Waals surface area contributed by atoms with Crippen molar-refractivity contribution in [3.63, 3.8) is 0 Å². The fourth-order valence-corrected chi connectivity index (χ4v) is 4.53. The Morgan fingerprint density at radius 3 is 2.52 bits per heavy atom. The van der Waals surface area contributed by atoms with Crippen LogP contribution in [0.25, 0.3) is 5.32 Å². The molecule has 1 aromatic heterocycles. The van der Waals surface area contributed by atoms with Gasteiger partial charge in [0.05, 0.1) is 23.6 Å². The fourth-order valence-electron chi connectivity index (χ4n) is 4.39. The van der Waals surface area contributed by atoms with Crippen LogP contribution < -0.4 is 10.4 Å². The molecule has 2 N–H and O–H groups in total. The van der Waals surface area contributed by atoms with E-state index in [2.05, 4.69) is 48.2 Å². The smallest absolute Gasteiger partial charge is 0.284 e. The van der Waals surface area contributed by atoms with Crippen LogP contribution in [0, 0.1) is 4.91 Å². The number of hydrazine groups is 2. The lowest BCUT2D eigenvalue weighted by molar-refractivity contribution is -0.782. The molecule has 0 amide bonds. The highest BCUT2D eigenvalue weighted by atomic mass is 35.5. The monoisotopic (exact) mass is 456 g/mol. The summed E-state index contributed by atoms with van der Waals surface area (Å²) in [4.78, 5) is 27.8. The number of nitrogens with zero attached hydrogens (tertiary/aromatic N) is 7. The second-order valence-corrected chi connectivity index (χ2v) is 9.67. The van der Waals surface area contributed by atoms with Gasteiger partial charge in [0, 0.05) is 36.4 Å². The van der Waals surface area contributed by atoms with Crippen molar-refractivity contribution < 1.29 is 15.0 Å². The maximum Gasteiger partial charge on any atom is 0.284 e. The minimum Gasteiger partial charge on any atom is -0.658 e. The van der Waals surface area contributed by atoms with Crippen LogP contribution in [0.4, 0.5) is 0 Å². The van der Waals surface area contributed by atoms with Crippen molar-refractivity contribution in [1.82, 2.24) is 30.5 Å². The number of hydrogen-bond donors (Lipinski definition) is 2. The van der Waals surface area contributed by atoms with Gasteiger partial charge in [0.25, 0.3) is 10.9 Å². The molecule has 0 aromatic carbocycles. The Bertz CT molecular complexity index is 739. The summed E-state index contributed by atoms with van der Waals surface area (Å²) in [6.07, 6.45) is 3.13. The average molecular weight is 457 g/mol. The van der Waals surface area contributed by atoms with Gasteiger partial charge in [-0.25, -0.2) is 4.98 Å². The minimum atomic E-state index is -0.286. The molecule has 2 aliphatic heterocycles. The molecular weight excluding hydrogens is 424 g/mol. The van der Waals surface area contributed by atoms with E-state index in [0.717, 1.165) is 39.0 Å². The topological polar surface area (TPSA) is 111 Å². The van der Waals surface area contributed by atoms with Crippen LogP contribution in [-0.4, -0.2) is 91.5 Å². The standard InChI is InChI=1S/C19H33ClN8O3/c1-18(2)13-15(14-19(3,4)27(18)29)21-7-8-25-9-11-26(12-10-25)28(30)24-31-16-5-6-22-17(20)23-16/h5-6,15,29H,7-14H2,1-4H3,(H,24,30). The zero-order valence-electron chi connectivity index (χ0n) is 18.7. The van der Waals surface area contributed by atoms with E-state index in [1.165, 1.54) is 17.3 Å². The summed E-state index contributed by atoms with van der Waals surface area (Å²) in [5.74, 6) is 0.166. The molecule has 0 saturated carbocycles. The Labute approximate surface area is 188 Å². The molecule has 12 heteroatoms. The highest BCUT2D eigenvalue weighted by molar-refractivity contribution is 6.28. The van der Waals surface area contributed by atoms with Gasteiger partial charge >= 0.3 is 0 Å². The lowest BCUT2D eigenvalue weighted by Crippen LogP contribution is -2.60. The molecule has 3 rings (SSSR count). The summed E-state index contributed by atoms with van der Waals surface area (Å²) >= 11 is 5.69. The largest absolute Gasteiger partial charge is 0.658 e. The summed E-state index contributed by atoms with van der Waals surface area (Å²) < 4.78 is 0. The molecule has 0 radical (unpaired) electrons. The molecule has 1 aromatic rings. The number of halogens is 1. The quantitative estimate of drug-likeness (QED) is 0.344. The molecule has 2 saturated heterocycles. The summed E-state index contributed by atoms with van der Waals surface area (Å²) in [5, 5.41) is 18.5. The van der Waals surface area contributed by atoms with Crippen LogP contribution in [0.5, 0.6) is 5.88 Å². The molecule has 3 heterocycles. The average Bonchev–Trinajstić information content (AvgIpc) is 2.70. The van der Waals surface area contributed by atoms with Crippen LogP contribution >= 0.6 is 11.6 Å². The Hall–Kier alpha value is -1.79. The highest BCUT2D eigenvalue weighted by Gasteiger charge is 2.42. The second kappa shape index (κ2) is 9.78. The van der Waals surface area contributed by atoms with Crippen LogP contribution in [-0.2, 0) is 0 Å². The van der Waals surface area contributed by atoms with Crippen LogP contribution in [0.2, 0.25) is 5.28 Å². The number of piperidine rings is 1. The van der Waals surface area contributed by atoms with E-state index in [1.54, 1.807) is 5.01 Å². The third kappa shape index (κ3) is 6.36. The number of hydroxylamine groups is 2. The molecule has 174 valence electrons. The van der Waals surface area contributed by atoms with E-state index in [1.807, 2.05) is 0 Å². The van der Waals surface area contributed by atoms with Gasteiger partial charge < -0.3 is 20.3 Å². The SMILES string of the molecule is CC1(C)CC([N-]CCN2CCN([N+](=O)NOc3ccnc(Cl)n3)CC2)CC(C)(C)N1O. The third-order valence-electron chi connectivity index (χ3n) is 5.86. The lowest BCUT2D eigenvalue weighted by atomic mass is 9.79. The first-order valence-electron chi connectivity index (χ1n) is 10.6. The third-order valence-corrected chi connectivity index (χ3v) is 6.04. The van der Waals surface area contributed by atoms with Gasteiger partial charge in [-0.1, -0.05) is 0 Å². The Morgan fingerprint density at radius 1 is 1.26 bits per heavy atom. The summed E-state index contributed by atoms with van der Waals surface area (Å²) in [6.45, 7) is 12.5. The van der Waals surface area contributed by atoms with E-state index in [-0.39, 0.29) is 28.3 Å². The number of nitrogens with one attached hydrogen (secondary N) is 1. The minimum absolute atomic E-state index is 0.0461. The van der Waals surface area contributed by atoms with Crippen molar-refractivity contribution in [2.24, 2.45) is 0 Å². The van der Waals surface area contributed by atoms with Gasteiger partial charge in [0.1, 0.15) is 0 Å². The zero-order chi connectivity index (χ0) is 22.6. The van der Waals surface area contributed by atoms with Gasteiger partial charge in [-0.2, -0.15) is 10.0 Å². The predicted octanol–water partition coefficient (Wildman–Crippen LogP) is 2.02. The number of rotatable bonds is 8. The van der Waals surface area contributed by atoms with E-state index in [9.17, 15) is 10.1 Å². The molecule has 0 aliphatic carbocycles. The molecule has 2 aliphatic rings. The maximum absolute atomic E-state index is 12.2. The number of hydrogen-bond acceptors (Lipinski definition) is 7. The van der Waals surface area contributed by atoms with Crippen molar-refractivity contribution >= 4 is 11.6 Å². The molecule has 31 heavy (non-hydrogen) atoms. The molecule has 0 bridgehead atoms. The Morgan fingerprint density at radius 2 is 1.90 bits per heavy atom. The number of aromatic nitrogens is 2. The van der Waals surface area contributed by atoms with Crippen LogP contribution in [0.1, 0.15) is 40.5 Å². The molecule has 0 spiro atoms. The first-order valence-corrected chi connectivity index (χ1v) is 11.0. The van der Waals surface area contributed by atoms with E-state index < -0.39 is 0 Å². The van der Waals surface area contributed by atoms with Crippen molar-refractivity contribution in [3.05, 3.63) is 27.8 Å². The molecular formula is C19H33ClN8O3. The number of nitroso groups, excluding NO2 is 1. The normalized spacial score (nSPS) is 22.3. The first-order chi connectivity index (χ1) is 14.6. The van der Waals surface area contributed by atoms with Crippen LogP contribution in [0.15, 0.2) is 12.3 Å². The summed E-state index contributed by atoms with van der Waals surface area (Å²) in [7, 11) is 0. The predicted molar refractivity (Wildman–Crippen MR) is 115 cm³/mol. The van der Waals surface area contributed by atoms with E-state index in [4.69, 9.17) is 21.8 Å². The summed E-state index contributed by atoms with van der Waals surface area (Å²) in [5.41, 5.74) is 1.74. The molecule has 0 unspecified atom stereocenters. The maximum atomic E-state index is 12.2. The van der Waals surface area contributed by atoms with E-state index in [0.29, 0.717) is 18.1 Å². The van der Waals surface area contributed by atoms with Crippen molar-refractivity contribution in [2.75, 3.05) is 39.3 Å². The lowest BCUT2D eigenvalue weighted by Gasteiger charge is -2.55. The molecule has 2 fully saturated rings. The summed E-state index contributed by atoms with van der Waals surface area (Å²) in [6, 6.07) is 1.74. The van der Waals surface area contributed by atoms with Gasteiger partial charge in [-0.15, -0.1) is 17.6 Å². The van der Waals surface area contributed by atoms with Crippen molar-refractivity contribution in [2.45, 2.75) is 57.7 Å². The van der Waals surface area contributed by atoms with Crippen molar-refractivity contribution in [1.29, 1.82) is 0 Å². The Kier molecular flexibility index (Phi) is 7.53. The number of piperazine rings is 1. The van der Waals surface area contributed by atoms with Gasteiger partial charge in [0.15, 0.2) is 0 Å². The molecule has 0 atom stereocenters. The fraction of sp³-hybridized carbons (Fsp3) is 0.789. The van der Waals surface area contributed by atoms with Gasteiger partial charge in [-0.05, 0) is 58.7 Å².